The van der Waals surface area contributed by atoms with Gasteiger partial charge in [0.25, 0.3) is 10.0 Å². The summed E-state index contributed by atoms with van der Waals surface area (Å²) in [5, 5.41) is 0.852. The molecular formula is C21H20BrNO4S. The Labute approximate surface area is 172 Å². The molecule has 2 aromatic carbocycles. The lowest BCUT2D eigenvalue weighted by Gasteiger charge is -2.08. The number of rotatable bonds is 6. The number of ether oxygens (including phenoxy) is 1. The quantitative estimate of drug-likeness (QED) is 0.397. The van der Waals surface area contributed by atoms with Crippen molar-refractivity contribution in [2.24, 2.45) is 0 Å². The van der Waals surface area contributed by atoms with Gasteiger partial charge < -0.3 is 4.74 Å². The summed E-state index contributed by atoms with van der Waals surface area (Å²) in [4.78, 5) is 11.4. The average Bonchev–Trinajstić information content (AvgIpc) is 3.06. The van der Waals surface area contributed by atoms with Gasteiger partial charge in [0.2, 0.25) is 0 Å². The van der Waals surface area contributed by atoms with E-state index < -0.39 is 16.0 Å². The number of aryl methyl sites for hydroxylation is 2. The predicted octanol–water partition coefficient (Wildman–Crippen LogP) is 4.61. The largest absolute Gasteiger partial charge is 0.466 e. The van der Waals surface area contributed by atoms with Crippen molar-refractivity contribution in [1.82, 2.24) is 3.97 Å². The molecule has 0 fully saturated rings. The number of carbonyl (C=O) groups is 1. The fourth-order valence-electron chi connectivity index (χ4n) is 2.99. The van der Waals surface area contributed by atoms with E-state index in [2.05, 4.69) is 20.7 Å². The number of fused-ring (bicyclic) bond motifs is 1. The molecule has 0 N–H and O–H groups in total. The molecule has 3 rings (SSSR count). The van der Waals surface area contributed by atoms with E-state index in [1.54, 1.807) is 42.6 Å². The molecule has 146 valence electrons. The number of methoxy groups -OCH3 is 1. The molecule has 0 atom stereocenters. The van der Waals surface area contributed by atoms with Crippen molar-refractivity contribution in [2.45, 2.75) is 24.7 Å². The molecule has 0 saturated heterocycles. The third-order valence-corrected chi connectivity index (χ3v) is 6.79. The van der Waals surface area contributed by atoms with E-state index in [1.807, 2.05) is 19.1 Å². The molecule has 5 nitrogen and oxygen atoms in total. The van der Waals surface area contributed by atoms with Crippen LogP contribution in [-0.4, -0.2) is 25.5 Å². The van der Waals surface area contributed by atoms with Crippen LogP contribution in [0.15, 0.2) is 70.2 Å². The van der Waals surface area contributed by atoms with E-state index >= 15 is 0 Å². The second kappa shape index (κ2) is 8.32. The lowest BCUT2D eigenvalue weighted by molar-refractivity contribution is -0.134. The molecule has 0 saturated carbocycles. The van der Waals surface area contributed by atoms with Gasteiger partial charge in [-0.05, 0) is 49.6 Å². The van der Waals surface area contributed by atoms with Crippen molar-refractivity contribution >= 4 is 42.8 Å². The zero-order valence-electron chi connectivity index (χ0n) is 15.6. The second-order valence-electron chi connectivity index (χ2n) is 6.37. The number of esters is 1. The lowest BCUT2D eigenvalue weighted by Crippen LogP contribution is -2.11. The van der Waals surface area contributed by atoms with Crippen LogP contribution in [0.3, 0.4) is 0 Å². The summed E-state index contributed by atoms with van der Waals surface area (Å²) in [5.74, 6) is -0.412. The van der Waals surface area contributed by atoms with Crippen LogP contribution in [0.25, 0.3) is 10.9 Å². The Morgan fingerprint density at radius 3 is 2.57 bits per heavy atom. The molecule has 28 heavy (non-hydrogen) atoms. The Bertz CT molecular complexity index is 1150. The van der Waals surface area contributed by atoms with E-state index in [0.717, 1.165) is 21.0 Å². The molecular weight excluding hydrogens is 442 g/mol. The summed E-state index contributed by atoms with van der Waals surface area (Å²) in [6.07, 6.45) is 5.93. The van der Waals surface area contributed by atoms with Crippen molar-refractivity contribution < 1.29 is 17.9 Å². The fourth-order valence-corrected chi connectivity index (χ4v) is 4.98. The van der Waals surface area contributed by atoms with Gasteiger partial charge in [-0.1, -0.05) is 45.8 Å². The number of allylic oxidation sites excluding steroid dienone is 1. The Morgan fingerprint density at radius 1 is 1.18 bits per heavy atom. The first-order valence-corrected chi connectivity index (χ1v) is 10.9. The van der Waals surface area contributed by atoms with Crippen LogP contribution in [0.4, 0.5) is 0 Å². The molecule has 0 aliphatic carbocycles. The van der Waals surface area contributed by atoms with Gasteiger partial charge in [-0.25, -0.2) is 17.2 Å². The number of hydrogen-bond acceptors (Lipinski definition) is 4. The molecule has 0 bridgehead atoms. The Morgan fingerprint density at radius 2 is 1.89 bits per heavy atom. The van der Waals surface area contributed by atoms with E-state index in [-0.39, 0.29) is 4.90 Å². The molecule has 0 aliphatic heterocycles. The molecule has 3 aromatic rings. The summed E-state index contributed by atoms with van der Waals surface area (Å²) < 4.78 is 33.2. The van der Waals surface area contributed by atoms with Crippen LogP contribution < -0.4 is 0 Å². The third kappa shape index (κ3) is 4.05. The van der Waals surface area contributed by atoms with Gasteiger partial charge in [-0.15, -0.1) is 0 Å². The highest BCUT2D eigenvalue weighted by Gasteiger charge is 2.22. The Kier molecular flexibility index (Phi) is 6.05. The molecule has 1 heterocycles. The van der Waals surface area contributed by atoms with Gasteiger partial charge in [-0.2, -0.15) is 0 Å². The average molecular weight is 462 g/mol. The van der Waals surface area contributed by atoms with Gasteiger partial charge in [0, 0.05) is 22.1 Å². The van der Waals surface area contributed by atoms with Crippen molar-refractivity contribution in [3.63, 3.8) is 0 Å². The van der Waals surface area contributed by atoms with E-state index in [4.69, 9.17) is 0 Å². The number of carbonyl (C=O) groups excluding carboxylic acids is 1. The minimum absolute atomic E-state index is 0.243. The maximum atomic E-state index is 13.2. The van der Waals surface area contributed by atoms with E-state index in [0.29, 0.717) is 18.4 Å². The topological polar surface area (TPSA) is 65.4 Å². The van der Waals surface area contributed by atoms with Crippen molar-refractivity contribution in [3.05, 3.63) is 76.4 Å². The number of benzene rings is 2. The maximum absolute atomic E-state index is 13.2. The summed E-state index contributed by atoms with van der Waals surface area (Å²) >= 11 is 3.54. The lowest BCUT2D eigenvalue weighted by atomic mass is 10.1. The van der Waals surface area contributed by atoms with Crippen molar-refractivity contribution in [3.8, 4) is 0 Å². The van der Waals surface area contributed by atoms with Crippen molar-refractivity contribution in [1.29, 1.82) is 0 Å². The molecule has 0 radical (unpaired) electrons. The van der Waals surface area contributed by atoms with Crippen LogP contribution in [-0.2, 0) is 26.0 Å². The highest BCUT2D eigenvalue weighted by molar-refractivity contribution is 9.10. The minimum Gasteiger partial charge on any atom is -0.466 e. The summed E-state index contributed by atoms with van der Waals surface area (Å²) in [7, 11) is -2.40. The minimum atomic E-state index is -3.72. The third-order valence-electron chi connectivity index (χ3n) is 4.44. The number of hydrogen-bond donors (Lipinski definition) is 0. The SMILES string of the molecule is COC(=O)/C=C/CCc1cn(S(=O)(=O)c2ccc(C)cc2)c2cccc(Br)c12. The normalized spacial score (nSPS) is 12.0. The van der Waals surface area contributed by atoms with Gasteiger partial charge in [0.05, 0.1) is 17.5 Å². The number of aromatic nitrogens is 1. The Hall–Kier alpha value is -2.38. The van der Waals surface area contributed by atoms with Gasteiger partial charge >= 0.3 is 5.97 Å². The molecule has 1 aromatic heterocycles. The van der Waals surface area contributed by atoms with Crippen LogP contribution in [0.1, 0.15) is 17.5 Å². The number of halogens is 1. The van der Waals surface area contributed by atoms with Crippen LogP contribution >= 0.6 is 15.9 Å². The molecule has 0 spiro atoms. The second-order valence-corrected chi connectivity index (χ2v) is 9.04. The monoisotopic (exact) mass is 461 g/mol. The molecule has 0 amide bonds. The predicted molar refractivity (Wildman–Crippen MR) is 113 cm³/mol. The van der Waals surface area contributed by atoms with E-state index in [1.165, 1.54) is 17.2 Å². The van der Waals surface area contributed by atoms with Gasteiger partial charge in [-0.3, -0.25) is 0 Å². The molecule has 0 unspecified atom stereocenters. The highest BCUT2D eigenvalue weighted by atomic mass is 79.9. The Balaban J connectivity index is 2.04. The van der Waals surface area contributed by atoms with Crippen LogP contribution in [0.2, 0.25) is 0 Å². The fraction of sp³-hybridized carbons (Fsp3) is 0.190. The standard InChI is InChI=1S/C21H20BrNO4S/c1-15-10-12-17(13-11-15)28(25,26)23-14-16(6-3-4-9-20(24)27-2)21-18(22)7-5-8-19(21)23/h4-5,7-14H,3,6H2,1-2H3/b9-4+. The molecule has 7 heteroatoms. The highest BCUT2D eigenvalue weighted by Crippen LogP contribution is 2.32. The van der Waals surface area contributed by atoms with E-state index in [9.17, 15) is 13.2 Å². The van der Waals surface area contributed by atoms with Crippen LogP contribution in [0, 0.1) is 6.92 Å². The summed E-state index contributed by atoms with van der Waals surface area (Å²) in [5.41, 5.74) is 2.49. The summed E-state index contributed by atoms with van der Waals surface area (Å²) in [6, 6.07) is 12.3. The first-order valence-electron chi connectivity index (χ1n) is 8.70. The number of nitrogens with zero attached hydrogens (tertiary/aromatic N) is 1. The van der Waals surface area contributed by atoms with Crippen molar-refractivity contribution in [2.75, 3.05) is 7.11 Å². The first-order chi connectivity index (χ1) is 13.3. The zero-order chi connectivity index (χ0) is 20.3. The van der Waals surface area contributed by atoms with Gasteiger partial charge in [0.15, 0.2) is 0 Å². The zero-order valence-corrected chi connectivity index (χ0v) is 18.0. The van der Waals surface area contributed by atoms with Crippen LogP contribution in [0.5, 0.6) is 0 Å². The molecule has 0 aliphatic rings. The first kappa shape index (κ1) is 20.4. The van der Waals surface area contributed by atoms with Gasteiger partial charge in [0.1, 0.15) is 0 Å². The summed E-state index contributed by atoms with van der Waals surface area (Å²) in [6.45, 7) is 1.92. The smallest absolute Gasteiger partial charge is 0.330 e. The maximum Gasteiger partial charge on any atom is 0.330 e.